The van der Waals surface area contributed by atoms with Gasteiger partial charge in [-0.15, -0.1) is 0 Å². The van der Waals surface area contributed by atoms with E-state index in [2.05, 4.69) is 16.0 Å². The molecule has 0 saturated carbocycles. The molecule has 0 N–H and O–H groups in total. The molecule has 2 aromatic heterocycles. The van der Waals surface area contributed by atoms with E-state index in [1.807, 2.05) is 55.2 Å². The van der Waals surface area contributed by atoms with Crippen LogP contribution < -0.4 is 0 Å². The SMILES string of the molecule is Cc1cc(C#N)ccc1-c1ncn(C)c1-c1ccncc1. The van der Waals surface area contributed by atoms with Crippen LogP contribution in [0.2, 0.25) is 0 Å². The van der Waals surface area contributed by atoms with Gasteiger partial charge in [-0.25, -0.2) is 4.98 Å². The number of aryl methyl sites for hydroxylation is 2. The first-order valence-corrected chi connectivity index (χ1v) is 6.63. The Morgan fingerprint density at radius 3 is 2.57 bits per heavy atom. The maximum atomic E-state index is 8.98. The summed E-state index contributed by atoms with van der Waals surface area (Å²) in [5.74, 6) is 0. The molecule has 1 aromatic carbocycles. The molecule has 21 heavy (non-hydrogen) atoms. The van der Waals surface area contributed by atoms with Gasteiger partial charge in [0, 0.05) is 30.6 Å². The highest BCUT2D eigenvalue weighted by Gasteiger charge is 2.15. The van der Waals surface area contributed by atoms with E-state index in [0.717, 1.165) is 28.1 Å². The molecule has 0 aliphatic heterocycles. The van der Waals surface area contributed by atoms with Crippen molar-refractivity contribution in [1.29, 1.82) is 5.26 Å². The molecule has 0 spiro atoms. The Morgan fingerprint density at radius 1 is 1.14 bits per heavy atom. The summed E-state index contributed by atoms with van der Waals surface area (Å²) in [6, 6.07) is 11.8. The lowest BCUT2D eigenvalue weighted by Crippen LogP contribution is -1.93. The van der Waals surface area contributed by atoms with Crippen LogP contribution >= 0.6 is 0 Å². The van der Waals surface area contributed by atoms with Gasteiger partial charge in [-0.1, -0.05) is 6.07 Å². The van der Waals surface area contributed by atoms with Crippen molar-refractivity contribution >= 4 is 0 Å². The number of nitriles is 1. The zero-order valence-electron chi connectivity index (χ0n) is 11.9. The van der Waals surface area contributed by atoms with Gasteiger partial charge < -0.3 is 4.57 Å². The summed E-state index contributed by atoms with van der Waals surface area (Å²) in [7, 11) is 1.98. The lowest BCUT2D eigenvalue weighted by Gasteiger charge is -2.09. The minimum Gasteiger partial charge on any atom is -0.333 e. The van der Waals surface area contributed by atoms with Gasteiger partial charge in [0.25, 0.3) is 0 Å². The lowest BCUT2D eigenvalue weighted by molar-refractivity contribution is 0.921. The molecule has 0 bridgehead atoms. The summed E-state index contributed by atoms with van der Waals surface area (Å²) in [5, 5.41) is 8.98. The molecule has 4 nitrogen and oxygen atoms in total. The van der Waals surface area contributed by atoms with Crippen LogP contribution in [0.4, 0.5) is 0 Å². The Hall–Kier alpha value is -2.93. The fourth-order valence-corrected chi connectivity index (χ4v) is 2.48. The molecule has 0 atom stereocenters. The van der Waals surface area contributed by atoms with Crippen molar-refractivity contribution in [2.75, 3.05) is 0 Å². The monoisotopic (exact) mass is 274 g/mol. The van der Waals surface area contributed by atoms with Crippen molar-refractivity contribution < 1.29 is 0 Å². The van der Waals surface area contributed by atoms with Crippen molar-refractivity contribution in [2.45, 2.75) is 6.92 Å². The van der Waals surface area contributed by atoms with Crippen LogP contribution in [0.15, 0.2) is 49.1 Å². The number of pyridine rings is 1. The normalized spacial score (nSPS) is 10.3. The number of imidazole rings is 1. The van der Waals surface area contributed by atoms with E-state index in [-0.39, 0.29) is 0 Å². The Bertz CT molecular complexity index is 826. The fraction of sp³-hybridized carbons (Fsp3) is 0.118. The number of nitrogens with zero attached hydrogens (tertiary/aromatic N) is 4. The van der Waals surface area contributed by atoms with Crippen LogP contribution in [0.5, 0.6) is 0 Å². The fourth-order valence-electron chi connectivity index (χ4n) is 2.48. The van der Waals surface area contributed by atoms with Crippen molar-refractivity contribution in [3.8, 4) is 28.6 Å². The molecule has 0 radical (unpaired) electrons. The second kappa shape index (κ2) is 5.22. The first-order chi connectivity index (χ1) is 10.2. The largest absolute Gasteiger partial charge is 0.333 e. The van der Waals surface area contributed by atoms with E-state index in [0.29, 0.717) is 5.56 Å². The topological polar surface area (TPSA) is 54.5 Å². The van der Waals surface area contributed by atoms with E-state index in [1.54, 1.807) is 12.4 Å². The van der Waals surface area contributed by atoms with Crippen LogP contribution in [0.1, 0.15) is 11.1 Å². The van der Waals surface area contributed by atoms with Crippen molar-refractivity contribution in [3.63, 3.8) is 0 Å². The van der Waals surface area contributed by atoms with Crippen molar-refractivity contribution in [1.82, 2.24) is 14.5 Å². The van der Waals surface area contributed by atoms with Gasteiger partial charge in [0.15, 0.2) is 0 Å². The third-order valence-electron chi connectivity index (χ3n) is 3.50. The minimum atomic E-state index is 0.664. The number of hydrogen-bond donors (Lipinski definition) is 0. The predicted molar refractivity (Wildman–Crippen MR) is 81.3 cm³/mol. The quantitative estimate of drug-likeness (QED) is 0.720. The molecule has 0 amide bonds. The summed E-state index contributed by atoms with van der Waals surface area (Å²) in [5.41, 5.74) is 5.79. The Labute approximate surface area is 123 Å². The van der Waals surface area contributed by atoms with Crippen LogP contribution in [0, 0.1) is 18.3 Å². The highest BCUT2D eigenvalue weighted by molar-refractivity contribution is 5.80. The smallest absolute Gasteiger partial charge is 0.0991 e. The molecule has 0 aliphatic carbocycles. The first-order valence-electron chi connectivity index (χ1n) is 6.63. The molecular weight excluding hydrogens is 260 g/mol. The van der Waals surface area contributed by atoms with Gasteiger partial charge in [0.05, 0.1) is 29.3 Å². The van der Waals surface area contributed by atoms with E-state index >= 15 is 0 Å². The summed E-state index contributed by atoms with van der Waals surface area (Å²) in [4.78, 5) is 8.60. The van der Waals surface area contributed by atoms with Gasteiger partial charge in [0.2, 0.25) is 0 Å². The van der Waals surface area contributed by atoms with E-state index in [1.165, 1.54) is 0 Å². The maximum absolute atomic E-state index is 8.98. The van der Waals surface area contributed by atoms with E-state index in [9.17, 15) is 0 Å². The minimum absolute atomic E-state index is 0.664. The second-order valence-electron chi connectivity index (χ2n) is 4.93. The third-order valence-corrected chi connectivity index (χ3v) is 3.50. The molecule has 0 saturated heterocycles. The standard InChI is InChI=1S/C17H14N4/c1-12-9-13(10-18)3-4-15(12)16-17(21(2)11-20-16)14-5-7-19-8-6-14/h3-9,11H,1-2H3. The van der Waals surface area contributed by atoms with Crippen LogP contribution in [-0.4, -0.2) is 14.5 Å². The van der Waals surface area contributed by atoms with Gasteiger partial charge in [-0.2, -0.15) is 5.26 Å². The summed E-state index contributed by atoms with van der Waals surface area (Å²) >= 11 is 0. The van der Waals surface area contributed by atoms with E-state index in [4.69, 9.17) is 5.26 Å². The van der Waals surface area contributed by atoms with Crippen molar-refractivity contribution in [2.24, 2.45) is 7.05 Å². The zero-order chi connectivity index (χ0) is 14.8. The predicted octanol–water partition coefficient (Wildman–Crippen LogP) is 3.33. The van der Waals surface area contributed by atoms with Crippen LogP contribution in [-0.2, 0) is 7.05 Å². The average Bonchev–Trinajstić information content (AvgIpc) is 2.89. The summed E-state index contributed by atoms with van der Waals surface area (Å²) < 4.78 is 2.00. The molecule has 2 heterocycles. The van der Waals surface area contributed by atoms with Gasteiger partial charge >= 0.3 is 0 Å². The highest BCUT2D eigenvalue weighted by atomic mass is 15.0. The van der Waals surface area contributed by atoms with Crippen molar-refractivity contribution in [3.05, 3.63) is 60.2 Å². The van der Waals surface area contributed by atoms with Gasteiger partial charge in [-0.3, -0.25) is 4.98 Å². The average molecular weight is 274 g/mol. The summed E-state index contributed by atoms with van der Waals surface area (Å²) in [6.45, 7) is 2.00. The van der Waals surface area contributed by atoms with E-state index < -0.39 is 0 Å². The second-order valence-corrected chi connectivity index (χ2v) is 4.93. The van der Waals surface area contributed by atoms with Crippen LogP contribution in [0.25, 0.3) is 22.5 Å². The number of aromatic nitrogens is 3. The molecule has 3 rings (SSSR count). The highest BCUT2D eigenvalue weighted by Crippen LogP contribution is 2.32. The Balaban J connectivity index is 2.20. The zero-order valence-corrected chi connectivity index (χ0v) is 11.9. The molecule has 0 fully saturated rings. The molecule has 4 heteroatoms. The number of hydrogen-bond acceptors (Lipinski definition) is 3. The molecule has 3 aromatic rings. The van der Waals surface area contributed by atoms with Gasteiger partial charge in [0.1, 0.15) is 0 Å². The molecule has 0 aliphatic rings. The molecule has 102 valence electrons. The Kier molecular flexibility index (Phi) is 3.25. The van der Waals surface area contributed by atoms with Crippen LogP contribution in [0.3, 0.4) is 0 Å². The number of benzene rings is 1. The lowest BCUT2D eigenvalue weighted by atomic mass is 9.99. The third kappa shape index (κ3) is 2.30. The molecular formula is C17H14N4. The molecule has 0 unspecified atom stereocenters. The maximum Gasteiger partial charge on any atom is 0.0991 e. The van der Waals surface area contributed by atoms with Gasteiger partial charge in [-0.05, 0) is 36.8 Å². The Morgan fingerprint density at radius 2 is 1.90 bits per heavy atom. The first kappa shape index (κ1) is 13.1. The summed E-state index contributed by atoms with van der Waals surface area (Å²) in [6.07, 6.45) is 5.36. The number of rotatable bonds is 2.